The van der Waals surface area contributed by atoms with Crippen LogP contribution in [0.3, 0.4) is 0 Å². The highest BCUT2D eigenvalue weighted by Gasteiger charge is 2.75. The lowest BCUT2D eigenvalue weighted by Crippen LogP contribution is -2.41. The summed E-state index contributed by atoms with van der Waals surface area (Å²) in [7, 11) is 1.53. The minimum absolute atomic E-state index is 0.0209. The predicted octanol–water partition coefficient (Wildman–Crippen LogP) is 2.67. The molecule has 2 fully saturated rings. The lowest BCUT2D eigenvalue weighted by molar-refractivity contribution is -0.132. The van der Waals surface area contributed by atoms with E-state index in [2.05, 4.69) is 43.3 Å². The lowest BCUT2D eigenvalue weighted by Gasteiger charge is -2.23. The molecule has 5 rings (SSSR count). The molecular weight excluding hydrogens is 504 g/mol. The van der Waals surface area contributed by atoms with Gasteiger partial charge < -0.3 is 25.4 Å². The van der Waals surface area contributed by atoms with E-state index in [0.717, 1.165) is 36.8 Å². The summed E-state index contributed by atoms with van der Waals surface area (Å²) in [6.07, 6.45) is 8.55. The number of carbonyl (C=O) groups is 1. The molecule has 0 aliphatic heterocycles. The van der Waals surface area contributed by atoms with Gasteiger partial charge in [-0.15, -0.1) is 12.3 Å². The van der Waals surface area contributed by atoms with Crippen molar-refractivity contribution in [2.45, 2.75) is 56.9 Å². The maximum absolute atomic E-state index is 12.5. The summed E-state index contributed by atoms with van der Waals surface area (Å²) < 4.78 is 1.70. The van der Waals surface area contributed by atoms with Crippen molar-refractivity contribution in [3.63, 3.8) is 0 Å². The zero-order chi connectivity index (χ0) is 26.9. The number of aliphatic hydroxyl groups excluding tert-OH is 2. The fraction of sp³-hybridized carbons (Fsp3) is 0.429. The monoisotopic (exact) mass is 532 g/mol. The molecule has 2 heterocycles. The van der Waals surface area contributed by atoms with Crippen molar-refractivity contribution in [3.05, 3.63) is 47.0 Å². The molecule has 9 nitrogen and oxygen atoms in total. The summed E-state index contributed by atoms with van der Waals surface area (Å²) in [6.45, 7) is 0.458. The number of amides is 1. The third-order valence-electron chi connectivity index (χ3n) is 7.53. The minimum Gasteiger partial charge on any atom is -0.389 e. The van der Waals surface area contributed by atoms with E-state index in [4.69, 9.17) is 18.0 Å². The second-order valence-corrected chi connectivity index (χ2v) is 10.1. The number of hydrogen-bond donors (Lipinski definition) is 4. The Bertz CT molecular complexity index is 1470. The smallest absolute Gasteiger partial charge is 0.229 e. The van der Waals surface area contributed by atoms with Crippen molar-refractivity contribution in [3.8, 4) is 24.2 Å². The van der Waals surface area contributed by atoms with Gasteiger partial charge in [0.25, 0.3) is 0 Å². The van der Waals surface area contributed by atoms with Crippen molar-refractivity contribution in [1.29, 1.82) is 0 Å². The Hall–Kier alpha value is -3.63. The zero-order valence-electron chi connectivity index (χ0n) is 21.0. The first-order chi connectivity index (χ1) is 18.4. The number of nitrogens with one attached hydrogen (secondary N) is 2. The summed E-state index contributed by atoms with van der Waals surface area (Å²) in [5, 5.41) is 27.5. The first-order valence-corrected chi connectivity index (χ1v) is 13.0. The van der Waals surface area contributed by atoms with Crippen molar-refractivity contribution in [2.75, 3.05) is 12.4 Å². The summed E-state index contributed by atoms with van der Waals surface area (Å²) in [4.78, 5) is 25.7. The average molecular weight is 533 g/mol. The van der Waals surface area contributed by atoms with E-state index in [1.807, 2.05) is 24.3 Å². The number of unbranched alkanes of at least 4 members (excludes halogenated alkanes) is 3. The fourth-order valence-corrected chi connectivity index (χ4v) is 5.73. The van der Waals surface area contributed by atoms with Gasteiger partial charge in [0.2, 0.25) is 11.2 Å². The molecule has 0 radical (unpaired) electrons. The fourth-order valence-electron chi connectivity index (χ4n) is 5.57. The third kappa shape index (κ3) is 4.58. The van der Waals surface area contributed by atoms with Crippen molar-refractivity contribution in [1.82, 2.24) is 24.8 Å². The first kappa shape index (κ1) is 26.0. The van der Waals surface area contributed by atoms with Crippen LogP contribution in [0.15, 0.2) is 30.6 Å². The lowest BCUT2D eigenvalue weighted by atomic mass is 9.98. The molecule has 2 aromatic heterocycles. The largest absolute Gasteiger partial charge is 0.389 e. The second kappa shape index (κ2) is 10.6. The highest BCUT2D eigenvalue weighted by atomic mass is 35.5. The molecule has 2 aliphatic rings. The van der Waals surface area contributed by atoms with Crippen LogP contribution in [-0.4, -0.2) is 54.9 Å². The topological polar surface area (TPSA) is 125 Å². The number of aliphatic hydroxyl groups is 2. The van der Waals surface area contributed by atoms with Crippen LogP contribution in [0.5, 0.6) is 0 Å². The highest BCUT2D eigenvalue weighted by molar-refractivity contribution is 6.28. The number of fused-ring (bicyclic) bond motifs is 2. The van der Waals surface area contributed by atoms with Gasteiger partial charge in [-0.1, -0.05) is 24.0 Å². The van der Waals surface area contributed by atoms with Crippen LogP contribution in [0.4, 0.5) is 5.82 Å². The maximum Gasteiger partial charge on any atom is 0.229 e. The molecule has 3 aromatic rings. The summed E-state index contributed by atoms with van der Waals surface area (Å²) in [6, 6.07) is 7.37. The van der Waals surface area contributed by atoms with E-state index < -0.39 is 23.7 Å². The van der Waals surface area contributed by atoms with Gasteiger partial charge in [0.15, 0.2) is 17.0 Å². The molecule has 196 valence electrons. The Kier molecular flexibility index (Phi) is 7.27. The van der Waals surface area contributed by atoms with Crippen LogP contribution in [0.2, 0.25) is 5.28 Å². The molecule has 5 atom stereocenters. The molecule has 10 heteroatoms. The van der Waals surface area contributed by atoms with Crippen LogP contribution in [0, 0.1) is 35.5 Å². The normalized spacial score (nSPS) is 25.2. The summed E-state index contributed by atoms with van der Waals surface area (Å²) in [5.41, 5.74) is 1.84. The molecule has 1 amide bonds. The van der Waals surface area contributed by atoms with Crippen molar-refractivity contribution < 1.29 is 15.0 Å². The number of rotatable bonds is 8. The van der Waals surface area contributed by atoms with Gasteiger partial charge in [-0.05, 0) is 48.6 Å². The Labute approximate surface area is 226 Å². The van der Waals surface area contributed by atoms with E-state index in [-0.39, 0.29) is 17.1 Å². The molecule has 38 heavy (non-hydrogen) atoms. The molecule has 0 spiro atoms. The maximum atomic E-state index is 12.5. The summed E-state index contributed by atoms with van der Waals surface area (Å²) >= 11 is 6.27. The number of imidazole rings is 1. The van der Waals surface area contributed by atoms with E-state index in [1.54, 1.807) is 10.9 Å². The Morgan fingerprint density at radius 1 is 1.29 bits per heavy atom. The van der Waals surface area contributed by atoms with Crippen LogP contribution in [0.1, 0.15) is 49.3 Å². The molecule has 4 N–H and O–H groups in total. The van der Waals surface area contributed by atoms with E-state index in [1.165, 1.54) is 7.05 Å². The molecule has 1 aromatic carbocycles. The van der Waals surface area contributed by atoms with Gasteiger partial charge in [0.1, 0.15) is 6.10 Å². The van der Waals surface area contributed by atoms with Crippen LogP contribution in [-0.2, 0) is 11.3 Å². The Balaban J connectivity index is 1.33. The number of aromatic nitrogens is 4. The number of halogens is 1. The molecular formula is C28H29ClN6O3. The minimum atomic E-state index is -1.18. The molecule has 0 bridgehead atoms. The number of terminal acetylenes is 1. The van der Waals surface area contributed by atoms with E-state index in [9.17, 15) is 15.0 Å². The van der Waals surface area contributed by atoms with Gasteiger partial charge in [0, 0.05) is 37.9 Å². The number of nitrogens with zero attached hydrogens (tertiary/aromatic N) is 4. The molecule has 2 aliphatic carbocycles. The SMILES string of the molecule is C#CCCCCC#Cc1cccc(CNc2nc(Cl)nc3c2ncn3[C@H]2[C@H](O)[C@H](O)[C@]3(C(=O)NC)C[C@H]23)c1. The van der Waals surface area contributed by atoms with Gasteiger partial charge in [-0.3, -0.25) is 4.79 Å². The molecule has 0 saturated heterocycles. The number of hydrogen-bond acceptors (Lipinski definition) is 7. The van der Waals surface area contributed by atoms with Crippen molar-refractivity contribution >= 4 is 34.5 Å². The first-order valence-electron chi connectivity index (χ1n) is 12.6. The van der Waals surface area contributed by atoms with Crippen LogP contribution < -0.4 is 10.6 Å². The highest BCUT2D eigenvalue weighted by Crippen LogP contribution is 2.67. The van der Waals surface area contributed by atoms with Gasteiger partial charge in [0.05, 0.1) is 23.9 Å². The van der Waals surface area contributed by atoms with Gasteiger partial charge >= 0.3 is 0 Å². The second-order valence-electron chi connectivity index (χ2n) is 9.79. The number of anilines is 1. The molecule has 0 unspecified atom stereocenters. The Morgan fingerprint density at radius 3 is 2.89 bits per heavy atom. The van der Waals surface area contributed by atoms with Crippen LogP contribution >= 0.6 is 11.6 Å². The predicted molar refractivity (Wildman–Crippen MR) is 144 cm³/mol. The average Bonchev–Trinajstić information content (AvgIpc) is 3.46. The molecule has 2 saturated carbocycles. The van der Waals surface area contributed by atoms with Crippen LogP contribution in [0.25, 0.3) is 11.2 Å². The Morgan fingerprint density at radius 2 is 2.11 bits per heavy atom. The standard InChI is InChI=1S/C28H29ClN6O3/c1-3-4-5-6-7-8-10-17-11-9-12-18(13-17)15-31-24-20-25(34-27(29)33-24)35(16-32-20)21-19-14-28(19,26(38)30-2)23(37)22(21)36/h1,9,11-13,16,19,21-23,36-37H,4-7,14-15H2,2H3,(H,30,38)(H,31,33,34)/t19-,21-,22+,23+,28+/m1/s1. The van der Waals surface area contributed by atoms with E-state index >= 15 is 0 Å². The zero-order valence-corrected chi connectivity index (χ0v) is 21.7. The van der Waals surface area contributed by atoms with Crippen molar-refractivity contribution in [2.24, 2.45) is 11.3 Å². The van der Waals surface area contributed by atoms with Gasteiger partial charge in [-0.2, -0.15) is 9.97 Å². The number of carbonyl (C=O) groups excluding carboxylic acids is 1. The number of benzene rings is 1. The van der Waals surface area contributed by atoms with E-state index in [0.29, 0.717) is 29.9 Å². The van der Waals surface area contributed by atoms with Gasteiger partial charge in [-0.25, -0.2) is 4.98 Å². The quantitative estimate of drug-likeness (QED) is 0.200. The third-order valence-corrected chi connectivity index (χ3v) is 7.70. The summed E-state index contributed by atoms with van der Waals surface area (Å²) in [5.74, 6) is 8.98.